The Morgan fingerprint density at radius 1 is 0.852 bits per heavy atom. The molecule has 0 radical (unpaired) electrons. The predicted octanol–water partition coefficient (Wildman–Crippen LogP) is 6.80. The van der Waals surface area contributed by atoms with E-state index < -0.39 is 0 Å². The molecule has 2 nitrogen and oxygen atoms in total. The van der Waals surface area contributed by atoms with E-state index in [1.165, 1.54) is 16.7 Å². The highest BCUT2D eigenvalue weighted by atomic mass is 16.1. The van der Waals surface area contributed by atoms with Crippen LogP contribution in [0, 0.1) is 0 Å². The Morgan fingerprint density at radius 2 is 1.48 bits per heavy atom. The highest BCUT2D eigenvalue weighted by molar-refractivity contribution is 6.26. The molecule has 0 saturated carbocycles. The number of carbonyl (C=O) groups is 2. The molecule has 2 rings (SSSR count). The molecule has 2 heteroatoms. The van der Waals surface area contributed by atoms with Crippen LogP contribution in [0.15, 0.2) is 70.4 Å². The first kappa shape index (κ1) is 20.8. The van der Waals surface area contributed by atoms with E-state index in [0.717, 1.165) is 19.3 Å². The van der Waals surface area contributed by atoms with E-state index in [4.69, 9.17) is 0 Å². The maximum atomic E-state index is 12.8. The number of hydrogen-bond acceptors (Lipinski definition) is 2. The van der Waals surface area contributed by atoms with Crippen molar-refractivity contribution in [3.8, 4) is 0 Å². The standard InChI is InChI=1S/C25H30O2/c1-17(2)13-14-18(3)9-8-10-19(4)15-16-21-20(5)24(26)22-11-6-7-12-23(22)25(21)27/h6-7,9,11-13,15H,8,10,14,16H2,1-5H3/b18-9+,19-15+. The molecule has 0 heterocycles. The van der Waals surface area contributed by atoms with Crippen molar-refractivity contribution in [1.82, 2.24) is 0 Å². The first-order chi connectivity index (χ1) is 12.8. The summed E-state index contributed by atoms with van der Waals surface area (Å²) >= 11 is 0. The molecule has 0 aromatic heterocycles. The molecular weight excluding hydrogens is 332 g/mol. The normalized spacial score (nSPS) is 15.1. The van der Waals surface area contributed by atoms with E-state index in [1.54, 1.807) is 25.1 Å². The van der Waals surface area contributed by atoms with E-state index in [0.29, 0.717) is 28.7 Å². The lowest BCUT2D eigenvalue weighted by atomic mass is 9.83. The number of Topliss-reactive ketones (excluding diaryl/α,β-unsaturated/α-hetero) is 2. The highest BCUT2D eigenvalue weighted by Gasteiger charge is 2.28. The van der Waals surface area contributed by atoms with Gasteiger partial charge in [-0.05, 0) is 60.3 Å². The van der Waals surface area contributed by atoms with Gasteiger partial charge < -0.3 is 0 Å². The second-order valence-corrected chi connectivity index (χ2v) is 7.64. The average molecular weight is 363 g/mol. The SMILES string of the molecule is CC(C)=CC/C(C)=C/CC/C(C)=C/CC1=C(C)C(=O)c2ccccc2C1=O. The summed E-state index contributed by atoms with van der Waals surface area (Å²) in [6.45, 7) is 10.3. The number of fused-ring (bicyclic) bond motifs is 1. The van der Waals surface area contributed by atoms with Crippen LogP contribution in [-0.4, -0.2) is 11.6 Å². The zero-order valence-electron chi connectivity index (χ0n) is 17.2. The molecular formula is C25H30O2. The fourth-order valence-electron chi connectivity index (χ4n) is 3.17. The number of hydrogen-bond donors (Lipinski definition) is 0. The first-order valence-electron chi connectivity index (χ1n) is 9.64. The van der Waals surface area contributed by atoms with Crippen LogP contribution in [-0.2, 0) is 0 Å². The van der Waals surface area contributed by atoms with Gasteiger partial charge in [0.1, 0.15) is 0 Å². The molecule has 0 bridgehead atoms. The molecule has 1 aliphatic carbocycles. The molecule has 142 valence electrons. The van der Waals surface area contributed by atoms with E-state index >= 15 is 0 Å². The maximum absolute atomic E-state index is 12.8. The largest absolute Gasteiger partial charge is 0.289 e. The van der Waals surface area contributed by atoms with Crippen LogP contribution in [0.3, 0.4) is 0 Å². The van der Waals surface area contributed by atoms with Crippen molar-refractivity contribution < 1.29 is 9.59 Å². The first-order valence-corrected chi connectivity index (χ1v) is 9.64. The van der Waals surface area contributed by atoms with Crippen LogP contribution in [0.1, 0.15) is 81.0 Å². The zero-order valence-corrected chi connectivity index (χ0v) is 17.2. The molecule has 27 heavy (non-hydrogen) atoms. The molecule has 0 fully saturated rings. The van der Waals surface area contributed by atoms with Crippen LogP contribution in [0.2, 0.25) is 0 Å². The van der Waals surface area contributed by atoms with E-state index in [1.807, 2.05) is 6.07 Å². The van der Waals surface area contributed by atoms with Crippen molar-refractivity contribution in [2.75, 3.05) is 0 Å². The summed E-state index contributed by atoms with van der Waals surface area (Å²) in [5, 5.41) is 0. The fraction of sp³-hybridized carbons (Fsp3) is 0.360. The summed E-state index contributed by atoms with van der Waals surface area (Å²) in [6, 6.07) is 7.10. The monoisotopic (exact) mass is 362 g/mol. The molecule has 0 spiro atoms. The summed E-state index contributed by atoms with van der Waals surface area (Å²) in [6.07, 6.45) is 10.1. The second-order valence-electron chi connectivity index (χ2n) is 7.64. The minimum Gasteiger partial charge on any atom is -0.289 e. The molecule has 1 aromatic carbocycles. The van der Waals surface area contributed by atoms with Gasteiger partial charge >= 0.3 is 0 Å². The van der Waals surface area contributed by atoms with Gasteiger partial charge in [0.2, 0.25) is 0 Å². The molecule has 1 aromatic rings. The minimum atomic E-state index is -0.0240. The van der Waals surface area contributed by atoms with Crippen LogP contribution < -0.4 is 0 Å². The third-order valence-electron chi connectivity index (χ3n) is 5.00. The van der Waals surface area contributed by atoms with Gasteiger partial charge in [-0.2, -0.15) is 0 Å². The topological polar surface area (TPSA) is 34.1 Å². The molecule has 0 unspecified atom stereocenters. The van der Waals surface area contributed by atoms with Crippen LogP contribution in [0.4, 0.5) is 0 Å². The summed E-state index contributed by atoms with van der Waals surface area (Å²) < 4.78 is 0. The van der Waals surface area contributed by atoms with Gasteiger partial charge in [0.05, 0.1) is 0 Å². The summed E-state index contributed by atoms with van der Waals surface area (Å²) in [7, 11) is 0. The average Bonchev–Trinajstić information content (AvgIpc) is 2.64. The predicted molar refractivity (Wildman–Crippen MR) is 113 cm³/mol. The summed E-state index contributed by atoms with van der Waals surface area (Å²) in [5.41, 5.74) is 6.26. The van der Waals surface area contributed by atoms with Gasteiger partial charge in [0, 0.05) is 22.3 Å². The molecule has 0 atom stereocenters. The van der Waals surface area contributed by atoms with Crippen molar-refractivity contribution in [2.24, 2.45) is 0 Å². The Labute approximate surface area is 163 Å². The summed E-state index contributed by atoms with van der Waals surface area (Å²) in [5.74, 6) is -0.0340. The third kappa shape index (κ3) is 5.50. The molecule has 0 N–H and O–H groups in total. The zero-order chi connectivity index (χ0) is 20.0. The Balaban J connectivity index is 2.01. The van der Waals surface area contributed by atoms with Gasteiger partial charge in [-0.25, -0.2) is 0 Å². The lowest BCUT2D eigenvalue weighted by Gasteiger charge is -2.18. The van der Waals surface area contributed by atoms with E-state index in [2.05, 4.69) is 45.9 Å². The Kier molecular flexibility index (Phi) is 7.29. The highest BCUT2D eigenvalue weighted by Crippen LogP contribution is 2.28. The Bertz CT molecular complexity index is 856. The van der Waals surface area contributed by atoms with E-state index in [-0.39, 0.29) is 11.6 Å². The van der Waals surface area contributed by atoms with Gasteiger partial charge in [-0.15, -0.1) is 0 Å². The Hall–Kier alpha value is -2.48. The lowest BCUT2D eigenvalue weighted by Crippen LogP contribution is -2.20. The van der Waals surface area contributed by atoms with Crippen LogP contribution >= 0.6 is 0 Å². The minimum absolute atomic E-state index is 0.00999. The number of benzene rings is 1. The molecule has 0 saturated heterocycles. The Morgan fingerprint density at radius 3 is 2.11 bits per heavy atom. The van der Waals surface area contributed by atoms with Crippen LogP contribution in [0.25, 0.3) is 0 Å². The van der Waals surface area contributed by atoms with Crippen molar-refractivity contribution in [1.29, 1.82) is 0 Å². The van der Waals surface area contributed by atoms with Crippen molar-refractivity contribution in [3.63, 3.8) is 0 Å². The maximum Gasteiger partial charge on any atom is 0.190 e. The summed E-state index contributed by atoms with van der Waals surface area (Å²) in [4.78, 5) is 25.3. The molecule has 0 aliphatic heterocycles. The smallest absolute Gasteiger partial charge is 0.190 e. The number of allylic oxidation sites excluding steroid dienone is 8. The van der Waals surface area contributed by atoms with Gasteiger partial charge in [-0.1, -0.05) is 59.2 Å². The lowest BCUT2D eigenvalue weighted by molar-refractivity contribution is 0.0973. The third-order valence-corrected chi connectivity index (χ3v) is 5.00. The number of carbonyl (C=O) groups excluding carboxylic acids is 2. The van der Waals surface area contributed by atoms with Crippen molar-refractivity contribution in [3.05, 3.63) is 81.5 Å². The van der Waals surface area contributed by atoms with Crippen LogP contribution in [0.5, 0.6) is 0 Å². The van der Waals surface area contributed by atoms with Crippen molar-refractivity contribution >= 4 is 11.6 Å². The van der Waals surface area contributed by atoms with Gasteiger partial charge in [0.25, 0.3) is 0 Å². The second kappa shape index (κ2) is 9.45. The van der Waals surface area contributed by atoms with Gasteiger partial charge in [-0.3, -0.25) is 9.59 Å². The molecule has 1 aliphatic rings. The fourth-order valence-corrected chi connectivity index (χ4v) is 3.17. The van der Waals surface area contributed by atoms with Crippen molar-refractivity contribution in [2.45, 2.75) is 60.3 Å². The quantitative estimate of drug-likeness (QED) is 0.500. The van der Waals surface area contributed by atoms with E-state index in [9.17, 15) is 9.59 Å². The molecule has 0 amide bonds. The van der Waals surface area contributed by atoms with Gasteiger partial charge in [0.15, 0.2) is 11.6 Å². The number of rotatable bonds is 7. The number of ketones is 2.